The topological polar surface area (TPSA) is 33.1 Å². The summed E-state index contributed by atoms with van der Waals surface area (Å²) in [5.41, 5.74) is 8.38. The van der Waals surface area contributed by atoms with E-state index >= 15 is 0 Å². The zero-order valence-electron chi connectivity index (χ0n) is 17.8. The number of hydrogen-bond donors (Lipinski definition) is 1. The lowest BCUT2D eigenvalue weighted by Crippen LogP contribution is -2.43. The Balaban J connectivity index is 2.39. The molecular formula is C23H37NOSi. The quantitative estimate of drug-likeness (QED) is 0.495. The number of hydrogen-bond acceptors (Lipinski definition) is 2. The summed E-state index contributed by atoms with van der Waals surface area (Å²) in [6.07, 6.45) is 4.24. The predicted molar refractivity (Wildman–Crippen MR) is 114 cm³/mol. The minimum atomic E-state index is -1.76. The predicted octanol–water partition coefficient (Wildman–Crippen LogP) is 6.18. The van der Waals surface area contributed by atoms with E-state index in [1.165, 1.54) is 12.8 Å². The first-order valence-electron chi connectivity index (χ1n) is 10.4. The molecule has 1 aromatic rings. The third-order valence-electron chi connectivity index (χ3n) is 6.41. The fourth-order valence-corrected chi connectivity index (χ4v) is 10.2. The molecule has 3 heteroatoms. The largest absolute Gasteiger partial charge is 0.387 e. The zero-order chi connectivity index (χ0) is 19.5. The number of aliphatic hydroxyl groups is 1. The van der Waals surface area contributed by atoms with Crippen molar-refractivity contribution in [2.75, 3.05) is 0 Å². The van der Waals surface area contributed by atoms with E-state index in [1.807, 2.05) is 6.07 Å². The molecule has 0 saturated heterocycles. The van der Waals surface area contributed by atoms with E-state index in [0.29, 0.717) is 22.5 Å². The van der Waals surface area contributed by atoms with E-state index in [2.05, 4.69) is 66.0 Å². The Morgan fingerprint density at radius 2 is 1.54 bits per heavy atom. The third-order valence-corrected chi connectivity index (χ3v) is 12.7. The fourth-order valence-electron chi connectivity index (χ4n) is 5.03. The van der Waals surface area contributed by atoms with Gasteiger partial charge in [0.1, 0.15) is 13.8 Å². The summed E-state index contributed by atoms with van der Waals surface area (Å²) in [6, 6.07) is 4.10. The van der Waals surface area contributed by atoms with Gasteiger partial charge in [-0.2, -0.15) is 0 Å². The first kappa shape index (κ1) is 21.2. The molecule has 1 aromatic heterocycles. The lowest BCUT2D eigenvalue weighted by atomic mass is 9.97. The molecule has 2 nitrogen and oxygen atoms in total. The number of aryl methyl sites for hydroxylation is 1. The Bertz CT molecular complexity index is 641. The van der Waals surface area contributed by atoms with Crippen LogP contribution in [-0.4, -0.2) is 18.2 Å². The van der Waals surface area contributed by atoms with Gasteiger partial charge in [0.2, 0.25) is 0 Å². The highest BCUT2D eigenvalue weighted by Crippen LogP contribution is 2.41. The van der Waals surface area contributed by atoms with Crippen LogP contribution >= 0.6 is 0 Å². The summed E-state index contributed by atoms with van der Waals surface area (Å²) in [6.45, 7) is 16.1. The molecule has 0 aromatic carbocycles. The molecule has 1 N–H and O–H groups in total. The molecule has 1 aliphatic carbocycles. The monoisotopic (exact) mass is 371 g/mol. The van der Waals surface area contributed by atoms with Crippen molar-refractivity contribution < 1.29 is 5.11 Å². The van der Waals surface area contributed by atoms with Crippen LogP contribution in [0.5, 0.6) is 0 Å². The molecular weight excluding hydrogens is 334 g/mol. The summed E-state index contributed by atoms with van der Waals surface area (Å²) in [7, 11) is -1.76. The average molecular weight is 372 g/mol. The van der Waals surface area contributed by atoms with Crippen LogP contribution in [0, 0.1) is 24.3 Å². The van der Waals surface area contributed by atoms with Gasteiger partial charge in [0.05, 0.1) is 11.8 Å². The van der Waals surface area contributed by atoms with Gasteiger partial charge >= 0.3 is 0 Å². The molecule has 1 unspecified atom stereocenters. The van der Waals surface area contributed by atoms with E-state index in [9.17, 15) is 5.11 Å². The lowest BCUT2D eigenvalue weighted by molar-refractivity contribution is 0.107. The Morgan fingerprint density at radius 1 is 1.00 bits per heavy atom. The molecule has 0 amide bonds. The van der Waals surface area contributed by atoms with Crippen molar-refractivity contribution in [2.24, 2.45) is 5.92 Å². The van der Waals surface area contributed by atoms with Crippen molar-refractivity contribution >= 4 is 8.07 Å². The smallest absolute Gasteiger partial charge is 0.146 e. The van der Waals surface area contributed by atoms with Crippen LogP contribution in [0.25, 0.3) is 0 Å². The van der Waals surface area contributed by atoms with E-state index < -0.39 is 14.2 Å². The summed E-state index contributed by atoms with van der Waals surface area (Å²) >= 11 is 0. The number of aliphatic hydroxyl groups excluding tert-OH is 1. The van der Waals surface area contributed by atoms with E-state index in [4.69, 9.17) is 4.98 Å². The van der Waals surface area contributed by atoms with Crippen molar-refractivity contribution in [1.29, 1.82) is 0 Å². The van der Waals surface area contributed by atoms with Gasteiger partial charge in [-0.05, 0) is 60.0 Å². The van der Waals surface area contributed by atoms with Gasteiger partial charge < -0.3 is 5.11 Å². The van der Waals surface area contributed by atoms with Crippen molar-refractivity contribution in [2.45, 2.75) is 96.9 Å². The van der Waals surface area contributed by atoms with Crippen LogP contribution in [0.1, 0.15) is 90.3 Å². The van der Waals surface area contributed by atoms with Crippen LogP contribution in [0.2, 0.25) is 16.6 Å². The van der Waals surface area contributed by atoms with E-state index in [-0.39, 0.29) is 0 Å². The minimum absolute atomic E-state index is 0.362. The molecule has 1 aliphatic rings. The highest BCUT2D eigenvalue weighted by atomic mass is 28.3. The van der Waals surface area contributed by atoms with E-state index in [0.717, 1.165) is 29.8 Å². The van der Waals surface area contributed by atoms with Gasteiger partial charge in [-0.15, -0.1) is 5.54 Å². The maximum absolute atomic E-state index is 10.8. The Labute approximate surface area is 161 Å². The maximum Gasteiger partial charge on any atom is 0.146 e. The van der Waals surface area contributed by atoms with Crippen LogP contribution in [0.15, 0.2) is 12.1 Å². The van der Waals surface area contributed by atoms with Gasteiger partial charge in [-0.1, -0.05) is 60.3 Å². The molecule has 1 atom stereocenters. The van der Waals surface area contributed by atoms with Gasteiger partial charge in [0, 0.05) is 0 Å². The molecule has 144 valence electrons. The van der Waals surface area contributed by atoms with Crippen molar-refractivity contribution in [1.82, 2.24) is 4.98 Å². The summed E-state index contributed by atoms with van der Waals surface area (Å²) in [5, 5.41) is 10.8. The molecule has 0 aliphatic heterocycles. The Morgan fingerprint density at radius 3 is 2.04 bits per heavy atom. The van der Waals surface area contributed by atoms with Crippen molar-refractivity contribution in [3.05, 3.63) is 29.1 Å². The van der Waals surface area contributed by atoms with Gasteiger partial charge in [0.25, 0.3) is 0 Å². The number of rotatable bonds is 5. The summed E-state index contributed by atoms with van der Waals surface area (Å²) < 4.78 is 0. The number of aromatic nitrogens is 1. The normalized spacial score (nSPS) is 17.0. The maximum atomic E-state index is 10.8. The standard InChI is InChI=1S/C23H37NOSi/c1-16(2)26(17(3)4,18(5)6)13-12-21-14-19(7)15-22(24-21)23(25)20-10-8-9-11-20/h14-18,20,23,25H,8-11H2,1-7H3. The Kier molecular flexibility index (Phi) is 7.10. The number of pyridine rings is 1. The van der Waals surface area contributed by atoms with Crippen LogP contribution in [0.4, 0.5) is 0 Å². The minimum Gasteiger partial charge on any atom is -0.387 e. The van der Waals surface area contributed by atoms with Gasteiger partial charge in [-0.25, -0.2) is 4.98 Å². The summed E-state index contributed by atoms with van der Waals surface area (Å²) in [4.78, 5) is 4.76. The molecule has 1 fully saturated rings. The van der Waals surface area contributed by atoms with Crippen molar-refractivity contribution in [3.63, 3.8) is 0 Å². The second-order valence-electron chi connectivity index (χ2n) is 9.09. The second kappa shape index (κ2) is 8.72. The zero-order valence-corrected chi connectivity index (χ0v) is 18.8. The SMILES string of the molecule is Cc1cc(C#C[Si](C(C)C)(C(C)C)C(C)C)nc(C(O)C2CCCC2)c1. The van der Waals surface area contributed by atoms with Gasteiger partial charge in [-0.3, -0.25) is 0 Å². The van der Waals surface area contributed by atoms with Gasteiger partial charge in [0.15, 0.2) is 0 Å². The van der Waals surface area contributed by atoms with Crippen LogP contribution < -0.4 is 0 Å². The molecule has 1 saturated carbocycles. The first-order chi connectivity index (χ1) is 12.2. The van der Waals surface area contributed by atoms with Crippen molar-refractivity contribution in [3.8, 4) is 11.5 Å². The third kappa shape index (κ3) is 4.41. The Hall–Kier alpha value is -1.11. The molecule has 0 bridgehead atoms. The first-order valence-corrected chi connectivity index (χ1v) is 12.6. The van der Waals surface area contributed by atoms with Crippen LogP contribution in [0.3, 0.4) is 0 Å². The molecule has 1 heterocycles. The highest BCUT2D eigenvalue weighted by molar-refractivity contribution is 6.90. The number of nitrogens with zero attached hydrogens (tertiary/aromatic N) is 1. The second-order valence-corrected chi connectivity index (χ2v) is 14.7. The average Bonchev–Trinajstić information content (AvgIpc) is 3.07. The fraction of sp³-hybridized carbons (Fsp3) is 0.696. The highest BCUT2D eigenvalue weighted by Gasteiger charge is 2.41. The molecule has 26 heavy (non-hydrogen) atoms. The summed E-state index contributed by atoms with van der Waals surface area (Å²) in [5.74, 6) is 3.81. The molecule has 2 rings (SSSR count). The lowest BCUT2D eigenvalue weighted by Gasteiger charge is -2.38. The van der Waals surface area contributed by atoms with Crippen LogP contribution in [-0.2, 0) is 0 Å². The van der Waals surface area contributed by atoms with E-state index in [1.54, 1.807) is 0 Å². The molecule has 0 spiro atoms. The molecule has 0 radical (unpaired) electrons.